The molecule has 68 valence electrons. The second kappa shape index (κ2) is 3.05. The van der Waals surface area contributed by atoms with Crippen LogP contribution in [0.25, 0.3) is 0 Å². The molecule has 2 aliphatic rings. The predicted molar refractivity (Wildman–Crippen MR) is 46.4 cm³/mol. The Hall–Kier alpha value is -0.570. The van der Waals surface area contributed by atoms with Crippen LogP contribution >= 0.6 is 0 Å². The summed E-state index contributed by atoms with van der Waals surface area (Å²) >= 11 is 0. The molecular formula is C9H16N2O. The average Bonchev–Trinajstić information content (AvgIpc) is 2.78. The third kappa shape index (κ3) is 1.46. The van der Waals surface area contributed by atoms with Gasteiger partial charge >= 0.3 is 0 Å². The maximum absolute atomic E-state index is 11.0. The standard InChI is InChI=1S/C9H16N2O/c10-4-8(6-1-2-6)7-3-9(12)11-5-7/h6-8H,1-5,10H2,(H,11,12). The highest BCUT2D eigenvalue weighted by Gasteiger charge is 2.38. The summed E-state index contributed by atoms with van der Waals surface area (Å²) in [5.41, 5.74) is 5.70. The van der Waals surface area contributed by atoms with Crippen LogP contribution in [0.5, 0.6) is 0 Å². The zero-order chi connectivity index (χ0) is 8.55. The topological polar surface area (TPSA) is 55.1 Å². The second-order valence-electron chi connectivity index (χ2n) is 4.01. The van der Waals surface area contributed by atoms with Gasteiger partial charge in [0, 0.05) is 13.0 Å². The van der Waals surface area contributed by atoms with Crippen molar-refractivity contribution in [3.8, 4) is 0 Å². The van der Waals surface area contributed by atoms with Gasteiger partial charge in [0.2, 0.25) is 5.91 Å². The Morgan fingerprint density at radius 1 is 1.50 bits per heavy atom. The van der Waals surface area contributed by atoms with Crippen molar-refractivity contribution >= 4 is 5.91 Å². The van der Waals surface area contributed by atoms with Gasteiger partial charge in [-0.25, -0.2) is 0 Å². The highest BCUT2D eigenvalue weighted by atomic mass is 16.1. The Kier molecular flexibility index (Phi) is 2.05. The van der Waals surface area contributed by atoms with E-state index in [1.54, 1.807) is 0 Å². The molecule has 1 aliphatic carbocycles. The van der Waals surface area contributed by atoms with Crippen molar-refractivity contribution in [3.63, 3.8) is 0 Å². The minimum atomic E-state index is 0.208. The lowest BCUT2D eigenvalue weighted by atomic mass is 9.87. The van der Waals surface area contributed by atoms with Crippen LogP contribution in [-0.4, -0.2) is 19.0 Å². The summed E-state index contributed by atoms with van der Waals surface area (Å²) in [7, 11) is 0. The second-order valence-corrected chi connectivity index (χ2v) is 4.01. The van der Waals surface area contributed by atoms with Crippen LogP contribution in [0, 0.1) is 17.8 Å². The van der Waals surface area contributed by atoms with Crippen LogP contribution in [0.3, 0.4) is 0 Å². The molecule has 12 heavy (non-hydrogen) atoms. The molecule has 1 amide bonds. The van der Waals surface area contributed by atoms with E-state index in [-0.39, 0.29) is 5.91 Å². The van der Waals surface area contributed by atoms with Crippen molar-refractivity contribution in [2.24, 2.45) is 23.5 Å². The number of rotatable bonds is 3. The number of amides is 1. The SMILES string of the molecule is NCC(C1CC1)C1CNC(=O)C1. The van der Waals surface area contributed by atoms with E-state index in [9.17, 15) is 4.79 Å². The van der Waals surface area contributed by atoms with Crippen molar-refractivity contribution in [1.82, 2.24) is 5.32 Å². The number of carbonyl (C=O) groups is 1. The summed E-state index contributed by atoms with van der Waals surface area (Å²) in [5, 5.41) is 2.87. The van der Waals surface area contributed by atoms with Crippen molar-refractivity contribution in [2.75, 3.05) is 13.1 Å². The first-order valence-electron chi connectivity index (χ1n) is 4.78. The fraction of sp³-hybridized carbons (Fsp3) is 0.889. The quantitative estimate of drug-likeness (QED) is 0.628. The smallest absolute Gasteiger partial charge is 0.220 e. The molecule has 0 spiro atoms. The van der Waals surface area contributed by atoms with E-state index in [0.717, 1.165) is 19.0 Å². The Labute approximate surface area is 72.7 Å². The first kappa shape index (κ1) is 8.05. The van der Waals surface area contributed by atoms with E-state index in [0.29, 0.717) is 18.3 Å². The van der Waals surface area contributed by atoms with E-state index >= 15 is 0 Å². The fourth-order valence-electron chi connectivity index (χ4n) is 2.22. The van der Waals surface area contributed by atoms with Gasteiger partial charge in [-0.3, -0.25) is 4.79 Å². The molecule has 2 fully saturated rings. The predicted octanol–water partition coefficient (Wildman–Crippen LogP) is 0.107. The molecule has 2 unspecified atom stereocenters. The molecule has 0 aromatic heterocycles. The molecule has 1 saturated heterocycles. The molecule has 2 atom stereocenters. The van der Waals surface area contributed by atoms with Gasteiger partial charge in [0.15, 0.2) is 0 Å². The van der Waals surface area contributed by atoms with E-state index in [1.165, 1.54) is 12.8 Å². The zero-order valence-electron chi connectivity index (χ0n) is 7.25. The molecule has 1 saturated carbocycles. The highest BCUT2D eigenvalue weighted by Crippen LogP contribution is 2.41. The Balaban J connectivity index is 1.92. The lowest BCUT2D eigenvalue weighted by Gasteiger charge is -2.19. The molecule has 1 heterocycles. The Bertz CT molecular complexity index is 189. The molecule has 3 nitrogen and oxygen atoms in total. The van der Waals surface area contributed by atoms with Crippen molar-refractivity contribution in [3.05, 3.63) is 0 Å². The van der Waals surface area contributed by atoms with E-state index in [2.05, 4.69) is 5.32 Å². The summed E-state index contributed by atoms with van der Waals surface area (Å²) in [4.78, 5) is 11.0. The number of carbonyl (C=O) groups excluding carboxylic acids is 1. The van der Waals surface area contributed by atoms with Crippen molar-refractivity contribution in [1.29, 1.82) is 0 Å². The third-order valence-electron chi connectivity index (χ3n) is 3.11. The summed E-state index contributed by atoms with van der Waals surface area (Å²) in [6, 6.07) is 0. The normalized spacial score (nSPS) is 31.8. The van der Waals surface area contributed by atoms with Crippen LogP contribution in [0.15, 0.2) is 0 Å². The number of nitrogens with one attached hydrogen (secondary N) is 1. The summed E-state index contributed by atoms with van der Waals surface area (Å²) in [5.74, 6) is 2.16. The Morgan fingerprint density at radius 3 is 2.67 bits per heavy atom. The van der Waals surface area contributed by atoms with E-state index in [1.807, 2.05) is 0 Å². The zero-order valence-corrected chi connectivity index (χ0v) is 7.25. The number of hydrogen-bond donors (Lipinski definition) is 2. The fourth-order valence-corrected chi connectivity index (χ4v) is 2.22. The summed E-state index contributed by atoms with van der Waals surface area (Å²) in [6.07, 6.45) is 3.36. The maximum Gasteiger partial charge on any atom is 0.220 e. The van der Waals surface area contributed by atoms with Gasteiger partial charge in [0.1, 0.15) is 0 Å². The first-order chi connectivity index (χ1) is 5.81. The molecule has 3 heteroatoms. The van der Waals surface area contributed by atoms with Crippen LogP contribution in [0.4, 0.5) is 0 Å². The molecule has 0 aromatic rings. The van der Waals surface area contributed by atoms with Crippen molar-refractivity contribution < 1.29 is 4.79 Å². The molecule has 0 aromatic carbocycles. The minimum absolute atomic E-state index is 0.208. The minimum Gasteiger partial charge on any atom is -0.356 e. The molecule has 0 radical (unpaired) electrons. The Morgan fingerprint density at radius 2 is 2.25 bits per heavy atom. The van der Waals surface area contributed by atoms with Crippen LogP contribution < -0.4 is 11.1 Å². The van der Waals surface area contributed by atoms with E-state index < -0.39 is 0 Å². The summed E-state index contributed by atoms with van der Waals surface area (Å²) in [6.45, 7) is 1.61. The van der Waals surface area contributed by atoms with E-state index in [4.69, 9.17) is 5.73 Å². The lowest BCUT2D eigenvalue weighted by Crippen LogP contribution is -2.26. The van der Waals surface area contributed by atoms with Gasteiger partial charge in [-0.15, -0.1) is 0 Å². The maximum atomic E-state index is 11.0. The van der Waals surface area contributed by atoms with Gasteiger partial charge < -0.3 is 11.1 Å². The molecule has 1 aliphatic heterocycles. The van der Waals surface area contributed by atoms with Crippen LogP contribution in [-0.2, 0) is 4.79 Å². The first-order valence-corrected chi connectivity index (χ1v) is 4.78. The van der Waals surface area contributed by atoms with Gasteiger partial charge in [0.25, 0.3) is 0 Å². The van der Waals surface area contributed by atoms with Gasteiger partial charge in [-0.1, -0.05) is 0 Å². The summed E-state index contributed by atoms with van der Waals surface area (Å²) < 4.78 is 0. The van der Waals surface area contributed by atoms with Gasteiger partial charge in [0.05, 0.1) is 0 Å². The largest absolute Gasteiger partial charge is 0.356 e. The van der Waals surface area contributed by atoms with Crippen LogP contribution in [0.2, 0.25) is 0 Å². The average molecular weight is 168 g/mol. The highest BCUT2D eigenvalue weighted by molar-refractivity contribution is 5.78. The lowest BCUT2D eigenvalue weighted by molar-refractivity contribution is -0.119. The monoisotopic (exact) mass is 168 g/mol. The van der Waals surface area contributed by atoms with Gasteiger partial charge in [-0.05, 0) is 37.1 Å². The number of nitrogens with two attached hydrogens (primary N) is 1. The number of hydrogen-bond acceptors (Lipinski definition) is 2. The van der Waals surface area contributed by atoms with Gasteiger partial charge in [-0.2, -0.15) is 0 Å². The van der Waals surface area contributed by atoms with Crippen LogP contribution in [0.1, 0.15) is 19.3 Å². The van der Waals surface area contributed by atoms with Crippen molar-refractivity contribution in [2.45, 2.75) is 19.3 Å². The molecule has 2 rings (SSSR count). The molecule has 3 N–H and O–H groups in total. The molecule has 0 bridgehead atoms. The third-order valence-corrected chi connectivity index (χ3v) is 3.11. The molecular weight excluding hydrogens is 152 g/mol.